The summed E-state index contributed by atoms with van der Waals surface area (Å²) in [6.45, 7) is 9.26. The van der Waals surface area contributed by atoms with Crippen LogP contribution in [0.5, 0.6) is 0 Å². The minimum absolute atomic E-state index is 0.0347. The lowest BCUT2D eigenvalue weighted by Crippen LogP contribution is -2.54. The number of benzene rings is 1. The zero-order valence-corrected chi connectivity index (χ0v) is 21.4. The van der Waals surface area contributed by atoms with Gasteiger partial charge in [0.05, 0.1) is 26.2 Å². The normalized spacial score (nSPS) is 19.5. The van der Waals surface area contributed by atoms with E-state index in [1.54, 1.807) is 25.7 Å². The van der Waals surface area contributed by atoms with Gasteiger partial charge < -0.3 is 18.7 Å². The van der Waals surface area contributed by atoms with Gasteiger partial charge in [0.2, 0.25) is 11.7 Å². The highest BCUT2D eigenvalue weighted by Gasteiger charge is 2.36. The number of carbonyl (C=O) groups excluding carboxylic acids is 3. The number of amides is 1. The Morgan fingerprint density at radius 1 is 1.08 bits per heavy atom. The number of hydrogen-bond acceptors (Lipinski definition) is 11. The molecule has 3 heterocycles. The highest BCUT2D eigenvalue weighted by molar-refractivity contribution is 5.90. The van der Waals surface area contributed by atoms with E-state index in [4.69, 9.17) is 18.7 Å². The zero-order valence-electron chi connectivity index (χ0n) is 21.4. The monoisotopic (exact) mass is 515 g/mol. The maximum Gasteiger partial charge on any atom is 0.414 e. The van der Waals surface area contributed by atoms with E-state index in [9.17, 15) is 14.4 Å². The van der Waals surface area contributed by atoms with Gasteiger partial charge in [-0.3, -0.25) is 24.3 Å². The molecule has 2 atom stereocenters. The molecule has 0 aliphatic carbocycles. The van der Waals surface area contributed by atoms with E-state index in [0.29, 0.717) is 51.0 Å². The number of rotatable bonds is 10. The van der Waals surface area contributed by atoms with Crippen molar-refractivity contribution >= 4 is 23.7 Å². The number of aromatic nitrogens is 2. The summed E-state index contributed by atoms with van der Waals surface area (Å²) in [4.78, 5) is 47.1. The molecule has 2 aromatic rings. The summed E-state index contributed by atoms with van der Waals surface area (Å²) in [5, 5.41) is 3.91. The number of piperazine rings is 1. The molecule has 2 unspecified atom stereocenters. The third kappa shape index (κ3) is 6.63. The molecule has 2 aliphatic rings. The van der Waals surface area contributed by atoms with Gasteiger partial charge in [0.1, 0.15) is 12.1 Å². The van der Waals surface area contributed by atoms with Gasteiger partial charge in [-0.15, -0.1) is 0 Å². The second-order valence-corrected chi connectivity index (χ2v) is 8.91. The van der Waals surface area contributed by atoms with E-state index in [2.05, 4.69) is 15.0 Å². The Kier molecular flexibility index (Phi) is 8.72. The van der Waals surface area contributed by atoms with Crippen LogP contribution in [-0.2, 0) is 23.8 Å². The summed E-state index contributed by atoms with van der Waals surface area (Å²) in [5.41, 5.74) is 1.53. The fraction of sp³-hybridized carbons (Fsp3) is 0.560. The number of aryl methyl sites for hydroxylation is 1. The molecule has 2 aliphatic heterocycles. The third-order valence-electron chi connectivity index (χ3n) is 6.37. The lowest BCUT2D eigenvalue weighted by atomic mass is 10.1. The molecular formula is C25H33N5O7. The SMILES string of the molecule is CCOC(=O)CC(C(=O)OCC)N1CCN(CC2CN(c3ccc(-c4noc(C)n4)cc3)C(=O)O2)CC1. The van der Waals surface area contributed by atoms with Gasteiger partial charge in [-0.25, -0.2) is 4.79 Å². The van der Waals surface area contributed by atoms with E-state index >= 15 is 0 Å². The van der Waals surface area contributed by atoms with E-state index in [0.717, 1.165) is 11.3 Å². The molecule has 2 fully saturated rings. The van der Waals surface area contributed by atoms with E-state index < -0.39 is 18.0 Å². The Labute approximate surface area is 215 Å². The first-order chi connectivity index (χ1) is 17.9. The standard InChI is InChI=1S/C25H33N5O7/c1-4-34-22(31)14-21(24(32)35-5-2)29-12-10-28(11-13-29)15-20-16-30(25(33)36-20)19-8-6-18(7-9-19)23-26-17(3)37-27-23/h6-9,20-21H,4-5,10-16H2,1-3H3. The molecule has 1 amide bonds. The average molecular weight is 516 g/mol. The van der Waals surface area contributed by atoms with Crippen molar-refractivity contribution in [2.75, 3.05) is 57.4 Å². The van der Waals surface area contributed by atoms with Crippen molar-refractivity contribution in [3.8, 4) is 11.4 Å². The van der Waals surface area contributed by atoms with Crippen molar-refractivity contribution in [3.63, 3.8) is 0 Å². The first kappa shape index (κ1) is 26.6. The summed E-state index contributed by atoms with van der Waals surface area (Å²) < 4.78 is 20.9. The van der Waals surface area contributed by atoms with Crippen LogP contribution in [0.25, 0.3) is 11.4 Å². The van der Waals surface area contributed by atoms with Crippen LogP contribution in [0, 0.1) is 6.92 Å². The van der Waals surface area contributed by atoms with Crippen LogP contribution in [0.15, 0.2) is 28.8 Å². The summed E-state index contributed by atoms with van der Waals surface area (Å²) >= 11 is 0. The minimum Gasteiger partial charge on any atom is -0.466 e. The van der Waals surface area contributed by atoms with Gasteiger partial charge in [-0.1, -0.05) is 5.16 Å². The molecule has 12 nitrogen and oxygen atoms in total. The lowest BCUT2D eigenvalue weighted by Gasteiger charge is -2.38. The van der Waals surface area contributed by atoms with Crippen LogP contribution in [0.4, 0.5) is 10.5 Å². The van der Waals surface area contributed by atoms with Crippen molar-refractivity contribution in [2.24, 2.45) is 0 Å². The number of cyclic esters (lactones) is 1. The highest BCUT2D eigenvalue weighted by Crippen LogP contribution is 2.25. The topological polar surface area (TPSA) is 128 Å². The molecule has 12 heteroatoms. The zero-order chi connectivity index (χ0) is 26.4. The predicted molar refractivity (Wildman–Crippen MR) is 132 cm³/mol. The van der Waals surface area contributed by atoms with Crippen molar-refractivity contribution in [1.82, 2.24) is 19.9 Å². The first-order valence-electron chi connectivity index (χ1n) is 12.6. The van der Waals surface area contributed by atoms with E-state index in [-0.39, 0.29) is 31.8 Å². The maximum atomic E-state index is 12.6. The fourth-order valence-electron chi connectivity index (χ4n) is 4.56. The molecule has 2 saturated heterocycles. The van der Waals surface area contributed by atoms with Gasteiger partial charge in [0.25, 0.3) is 0 Å². The molecular weight excluding hydrogens is 482 g/mol. The number of hydrogen-bond donors (Lipinski definition) is 0. The van der Waals surface area contributed by atoms with Crippen LogP contribution >= 0.6 is 0 Å². The molecule has 1 aromatic heterocycles. The first-order valence-corrected chi connectivity index (χ1v) is 12.6. The Bertz CT molecular complexity index is 1080. The van der Waals surface area contributed by atoms with Crippen LogP contribution in [0.3, 0.4) is 0 Å². The van der Waals surface area contributed by atoms with Crippen LogP contribution < -0.4 is 4.90 Å². The molecule has 4 rings (SSSR count). The molecule has 0 saturated carbocycles. The number of esters is 2. The molecule has 200 valence electrons. The molecule has 37 heavy (non-hydrogen) atoms. The lowest BCUT2D eigenvalue weighted by molar-refractivity contribution is -0.157. The molecule has 0 spiro atoms. The molecule has 0 bridgehead atoms. The Hall–Kier alpha value is -3.51. The summed E-state index contributed by atoms with van der Waals surface area (Å²) in [6, 6.07) is 6.69. The predicted octanol–water partition coefficient (Wildman–Crippen LogP) is 1.87. The summed E-state index contributed by atoms with van der Waals surface area (Å²) in [6.07, 6.45) is -0.699. The van der Waals surface area contributed by atoms with Gasteiger partial charge >= 0.3 is 18.0 Å². The van der Waals surface area contributed by atoms with Gasteiger partial charge in [0, 0.05) is 50.9 Å². The van der Waals surface area contributed by atoms with Gasteiger partial charge in [0.15, 0.2) is 0 Å². The number of ether oxygens (including phenoxy) is 3. The Balaban J connectivity index is 1.29. The summed E-state index contributed by atoms with van der Waals surface area (Å²) in [7, 11) is 0. The van der Waals surface area contributed by atoms with Crippen molar-refractivity contribution in [3.05, 3.63) is 30.2 Å². The second kappa shape index (κ2) is 12.2. The largest absolute Gasteiger partial charge is 0.466 e. The highest BCUT2D eigenvalue weighted by atomic mass is 16.6. The summed E-state index contributed by atoms with van der Waals surface area (Å²) in [5.74, 6) is 0.157. The fourth-order valence-corrected chi connectivity index (χ4v) is 4.56. The number of nitrogens with zero attached hydrogens (tertiary/aromatic N) is 5. The molecule has 0 radical (unpaired) electrons. The van der Waals surface area contributed by atoms with Crippen molar-refractivity contribution in [1.29, 1.82) is 0 Å². The third-order valence-corrected chi connectivity index (χ3v) is 6.37. The quantitative estimate of drug-likeness (QED) is 0.340. The van der Waals surface area contributed by atoms with E-state index in [1.165, 1.54) is 0 Å². The number of carbonyl (C=O) groups is 3. The van der Waals surface area contributed by atoms with Gasteiger partial charge in [-0.05, 0) is 38.1 Å². The smallest absolute Gasteiger partial charge is 0.414 e. The average Bonchev–Trinajstić information content (AvgIpc) is 3.48. The number of anilines is 1. The minimum atomic E-state index is -0.666. The van der Waals surface area contributed by atoms with Gasteiger partial charge in [-0.2, -0.15) is 4.98 Å². The van der Waals surface area contributed by atoms with Crippen molar-refractivity contribution in [2.45, 2.75) is 39.3 Å². The maximum absolute atomic E-state index is 12.6. The molecule has 1 aromatic carbocycles. The Morgan fingerprint density at radius 2 is 1.78 bits per heavy atom. The van der Waals surface area contributed by atoms with Crippen LogP contribution in [0.1, 0.15) is 26.2 Å². The Morgan fingerprint density at radius 3 is 2.41 bits per heavy atom. The molecule has 0 N–H and O–H groups in total. The van der Waals surface area contributed by atoms with Crippen LogP contribution in [0.2, 0.25) is 0 Å². The van der Waals surface area contributed by atoms with Crippen molar-refractivity contribution < 1.29 is 33.1 Å². The second-order valence-electron chi connectivity index (χ2n) is 8.91. The van der Waals surface area contributed by atoms with E-state index in [1.807, 2.05) is 29.2 Å². The van der Waals surface area contributed by atoms with Crippen LogP contribution in [-0.4, -0.2) is 103 Å².